The van der Waals surface area contributed by atoms with Crippen LogP contribution in [0.25, 0.3) is 0 Å². The van der Waals surface area contributed by atoms with Gasteiger partial charge in [0.25, 0.3) is 0 Å². The Balaban J connectivity index is -0.000000106. The molecular weight excluding hydrogens is 389 g/mol. The van der Waals surface area contributed by atoms with E-state index in [0.717, 1.165) is 5.92 Å². The predicted molar refractivity (Wildman–Crippen MR) is 89.9 cm³/mol. The van der Waals surface area contributed by atoms with Gasteiger partial charge in [0.05, 0.1) is 11.2 Å². The van der Waals surface area contributed by atoms with Crippen LogP contribution in [-0.2, 0) is 0 Å². The minimum absolute atomic E-state index is 0. The van der Waals surface area contributed by atoms with Gasteiger partial charge < -0.3 is 22.5 Å². The van der Waals surface area contributed by atoms with Crippen LogP contribution >= 0.6 is 0 Å². The zero-order valence-electron chi connectivity index (χ0n) is 15.8. The third-order valence-corrected chi connectivity index (χ3v) is 1.72. The molecule has 0 aromatic rings. The van der Waals surface area contributed by atoms with Crippen molar-refractivity contribution in [1.29, 1.82) is 0 Å². The first-order chi connectivity index (χ1) is 8.20. The van der Waals surface area contributed by atoms with Crippen LogP contribution in [0.2, 0.25) is 0 Å². The molecule has 1 unspecified atom stereocenters. The third-order valence-electron chi connectivity index (χ3n) is 1.72. The van der Waals surface area contributed by atoms with E-state index in [1.54, 1.807) is 41.5 Å². The first-order valence-electron chi connectivity index (χ1n) is 6.90. The van der Waals surface area contributed by atoms with Gasteiger partial charge in [-0.25, -0.2) is 6.54 Å². The number of aliphatic hydroxyl groups is 2. The Morgan fingerprint density at radius 2 is 1.29 bits per heavy atom. The van der Waals surface area contributed by atoms with Crippen molar-refractivity contribution in [3.8, 4) is 0 Å². The third kappa shape index (κ3) is 38.6. The van der Waals surface area contributed by atoms with E-state index >= 15 is 0 Å². The summed E-state index contributed by atoms with van der Waals surface area (Å²) in [5, 5.41) is 17.0. The molecule has 1 aliphatic heterocycles. The summed E-state index contributed by atoms with van der Waals surface area (Å²) in [4.78, 5) is 2.12. The van der Waals surface area contributed by atoms with Gasteiger partial charge in [0.15, 0.2) is 0 Å². The standard InChI is InChI=1S/C8H14N.2C4H10O.CH3.La/c1-7(2)8-4-5-9(3)6-8;2*1-4(2,3)5;;/h4-8H,1-3H3;2*5H,1-3H3;1H3;/q-1;;;-1;. The molecule has 0 aromatic heterocycles. The Hall–Kier alpha value is 0.655. The van der Waals surface area contributed by atoms with Crippen LogP contribution in [-0.4, -0.2) is 33.4 Å². The van der Waals surface area contributed by atoms with E-state index < -0.39 is 11.2 Å². The summed E-state index contributed by atoms with van der Waals surface area (Å²) in [6.45, 7) is 17.2. The summed E-state index contributed by atoms with van der Waals surface area (Å²) in [5.74, 6) is 1.40. The van der Waals surface area contributed by atoms with Gasteiger partial charge in [-0.1, -0.05) is 25.8 Å². The van der Waals surface area contributed by atoms with Crippen LogP contribution in [0.3, 0.4) is 0 Å². The summed E-state index contributed by atoms with van der Waals surface area (Å²) in [6.07, 6.45) is 4.36. The largest absolute Gasteiger partial charge is 0.531 e. The van der Waals surface area contributed by atoms with E-state index in [1.165, 1.54) is 0 Å². The average molecular weight is 426 g/mol. The Kier molecular flexibility index (Phi) is 18.5. The van der Waals surface area contributed by atoms with E-state index in [9.17, 15) is 0 Å². The summed E-state index contributed by atoms with van der Waals surface area (Å²) in [6, 6.07) is 0. The SMILES string of the molecule is CC(C)(C)O.CC(C)(C)O.CC(C)C1C=CN(C)[CH-]1.[CH3-].[La]. The van der Waals surface area contributed by atoms with E-state index in [2.05, 4.69) is 44.6 Å². The smallest absolute Gasteiger partial charge is 0.0563 e. The van der Waals surface area contributed by atoms with Crippen LogP contribution in [0.5, 0.6) is 0 Å². The molecule has 1 aliphatic rings. The maximum Gasteiger partial charge on any atom is 0.0563 e. The summed E-state index contributed by atoms with van der Waals surface area (Å²) >= 11 is 0. The molecule has 4 heteroatoms. The van der Waals surface area contributed by atoms with Gasteiger partial charge in [0, 0.05) is 35.6 Å². The molecule has 0 saturated heterocycles. The van der Waals surface area contributed by atoms with Gasteiger partial charge in [-0.3, -0.25) is 0 Å². The molecule has 0 bridgehead atoms. The van der Waals surface area contributed by atoms with Crippen molar-refractivity contribution in [2.24, 2.45) is 11.8 Å². The first kappa shape index (κ1) is 29.6. The molecule has 3 nitrogen and oxygen atoms in total. The number of hydrogen-bond donors (Lipinski definition) is 2. The van der Waals surface area contributed by atoms with Gasteiger partial charge >= 0.3 is 0 Å². The van der Waals surface area contributed by atoms with Crippen molar-refractivity contribution in [3.05, 3.63) is 26.2 Å². The van der Waals surface area contributed by atoms with Crippen molar-refractivity contribution in [2.45, 2.75) is 66.6 Å². The molecule has 0 spiro atoms. The average Bonchev–Trinajstić information content (AvgIpc) is 2.44. The van der Waals surface area contributed by atoms with Crippen LogP contribution in [0.1, 0.15) is 55.4 Å². The van der Waals surface area contributed by atoms with E-state index in [4.69, 9.17) is 10.2 Å². The normalized spacial score (nSPS) is 17.0. The molecule has 21 heavy (non-hydrogen) atoms. The van der Waals surface area contributed by atoms with Gasteiger partial charge in [-0.2, -0.15) is 0 Å². The summed E-state index contributed by atoms with van der Waals surface area (Å²) < 4.78 is 0. The molecule has 0 aromatic carbocycles. The first-order valence-corrected chi connectivity index (χ1v) is 6.90. The molecule has 0 amide bonds. The topological polar surface area (TPSA) is 43.7 Å². The van der Waals surface area contributed by atoms with Crippen molar-refractivity contribution in [1.82, 2.24) is 4.90 Å². The fourth-order valence-electron chi connectivity index (χ4n) is 1.00. The molecule has 0 saturated carbocycles. The van der Waals surface area contributed by atoms with E-state index in [1.807, 2.05) is 0 Å². The Bertz CT molecular complexity index is 228. The maximum absolute atomic E-state index is 8.52. The fraction of sp³-hybridized carbons (Fsp3) is 0.765. The fourth-order valence-corrected chi connectivity index (χ4v) is 1.00. The monoisotopic (exact) mass is 426 g/mol. The maximum atomic E-state index is 8.52. The van der Waals surface area contributed by atoms with Crippen LogP contribution in [0, 0.1) is 61.4 Å². The molecule has 1 rings (SSSR count). The zero-order valence-corrected chi connectivity index (χ0v) is 19.4. The van der Waals surface area contributed by atoms with Crippen molar-refractivity contribution < 1.29 is 45.8 Å². The quantitative estimate of drug-likeness (QED) is 0.626. The van der Waals surface area contributed by atoms with Crippen LogP contribution in [0.4, 0.5) is 0 Å². The van der Waals surface area contributed by atoms with Gasteiger partial charge in [0.1, 0.15) is 0 Å². The van der Waals surface area contributed by atoms with Crippen molar-refractivity contribution >= 4 is 0 Å². The van der Waals surface area contributed by atoms with Crippen molar-refractivity contribution in [3.63, 3.8) is 0 Å². The Morgan fingerprint density at radius 3 is 1.38 bits per heavy atom. The van der Waals surface area contributed by atoms with E-state index in [-0.39, 0.29) is 43.0 Å². The van der Waals surface area contributed by atoms with Gasteiger partial charge in [0.2, 0.25) is 0 Å². The molecule has 0 aliphatic carbocycles. The second-order valence-electron chi connectivity index (χ2n) is 7.32. The molecule has 0 fully saturated rings. The Morgan fingerprint density at radius 1 is 1.00 bits per heavy atom. The van der Waals surface area contributed by atoms with Gasteiger partial charge in [-0.05, 0) is 54.8 Å². The summed E-state index contributed by atoms with van der Waals surface area (Å²) in [5.41, 5.74) is -1.00. The zero-order chi connectivity index (χ0) is 15.9. The number of nitrogens with zero attached hydrogens (tertiary/aromatic N) is 1. The molecule has 1 atom stereocenters. The van der Waals surface area contributed by atoms with Crippen LogP contribution in [0.15, 0.2) is 12.3 Å². The predicted octanol–water partition coefficient (Wildman–Crippen LogP) is 3.88. The second-order valence-corrected chi connectivity index (χ2v) is 7.32. The molecular formula is C17H37LaNO2-2. The van der Waals surface area contributed by atoms with Gasteiger partial charge in [-0.15, -0.1) is 5.92 Å². The van der Waals surface area contributed by atoms with Crippen molar-refractivity contribution in [2.75, 3.05) is 7.05 Å². The minimum Gasteiger partial charge on any atom is -0.531 e. The molecule has 127 valence electrons. The Labute approximate surface area is 161 Å². The number of hydrogen-bond acceptors (Lipinski definition) is 3. The van der Waals surface area contributed by atoms with E-state index in [0.29, 0.717) is 5.92 Å². The molecule has 1 radical (unpaired) electrons. The summed E-state index contributed by atoms with van der Waals surface area (Å²) in [7, 11) is 2.07. The molecule has 2 N–H and O–H groups in total. The molecule has 1 heterocycles. The van der Waals surface area contributed by atoms with Crippen LogP contribution < -0.4 is 0 Å². The second kappa shape index (κ2) is 13.1. The number of rotatable bonds is 1. The minimum atomic E-state index is -0.500.